The van der Waals surface area contributed by atoms with Crippen molar-refractivity contribution < 1.29 is 4.92 Å². The van der Waals surface area contributed by atoms with Gasteiger partial charge >= 0.3 is 0 Å². The summed E-state index contributed by atoms with van der Waals surface area (Å²) in [6, 6.07) is 6.76. The van der Waals surface area contributed by atoms with Crippen molar-refractivity contribution in [2.24, 2.45) is 0 Å². The van der Waals surface area contributed by atoms with Crippen molar-refractivity contribution >= 4 is 11.5 Å². The average molecular weight is 300 g/mol. The molecule has 0 spiro atoms. The van der Waals surface area contributed by atoms with Gasteiger partial charge in [-0.3, -0.25) is 10.1 Å². The summed E-state index contributed by atoms with van der Waals surface area (Å²) in [6.45, 7) is 5.09. The van der Waals surface area contributed by atoms with E-state index in [1.807, 2.05) is 6.07 Å². The van der Waals surface area contributed by atoms with Crippen LogP contribution < -0.4 is 5.32 Å². The van der Waals surface area contributed by atoms with Crippen LogP contribution in [-0.2, 0) is 6.42 Å². The molecule has 0 saturated heterocycles. The van der Waals surface area contributed by atoms with Crippen LogP contribution in [0.15, 0.2) is 24.3 Å². The lowest BCUT2D eigenvalue weighted by Crippen LogP contribution is -2.08. The van der Waals surface area contributed by atoms with Crippen LogP contribution in [0, 0.1) is 10.1 Å². The predicted octanol–water partition coefficient (Wildman–Crippen LogP) is 3.65. The van der Waals surface area contributed by atoms with Crippen LogP contribution in [0.25, 0.3) is 5.69 Å². The van der Waals surface area contributed by atoms with Gasteiger partial charge in [0.05, 0.1) is 10.6 Å². The van der Waals surface area contributed by atoms with E-state index >= 15 is 0 Å². The molecule has 3 rings (SSSR count). The van der Waals surface area contributed by atoms with Gasteiger partial charge < -0.3 is 5.32 Å². The van der Waals surface area contributed by atoms with Crippen molar-refractivity contribution in [2.75, 3.05) is 11.9 Å². The normalized spacial score (nSPS) is 14.3. The molecule has 1 aromatic heterocycles. The number of rotatable bonds is 3. The van der Waals surface area contributed by atoms with Crippen molar-refractivity contribution in [3.05, 3.63) is 45.6 Å². The minimum absolute atomic E-state index is 0.0779. The summed E-state index contributed by atoms with van der Waals surface area (Å²) in [5, 5.41) is 19.4. The maximum atomic E-state index is 11.3. The molecular weight excluding hydrogens is 280 g/mol. The van der Waals surface area contributed by atoms with Crippen LogP contribution in [-0.4, -0.2) is 21.2 Å². The lowest BCUT2D eigenvalue weighted by molar-refractivity contribution is -0.384. The number of para-hydroxylation sites is 2. The van der Waals surface area contributed by atoms with Gasteiger partial charge in [0, 0.05) is 18.2 Å². The first-order valence-electron chi connectivity index (χ1n) is 7.69. The zero-order valence-corrected chi connectivity index (χ0v) is 12.9. The Kier molecular flexibility index (Phi) is 3.83. The number of nitrogens with zero attached hydrogens (tertiary/aromatic N) is 3. The van der Waals surface area contributed by atoms with Crippen molar-refractivity contribution in [1.82, 2.24) is 9.78 Å². The first-order valence-corrected chi connectivity index (χ1v) is 7.69. The molecule has 1 aliphatic rings. The third-order valence-corrected chi connectivity index (χ3v) is 4.01. The number of nitro groups is 1. The molecule has 2 heterocycles. The van der Waals surface area contributed by atoms with E-state index in [2.05, 4.69) is 19.2 Å². The minimum Gasteiger partial charge on any atom is -0.370 e. The average Bonchev–Trinajstić information content (AvgIpc) is 2.69. The summed E-state index contributed by atoms with van der Waals surface area (Å²) in [5.74, 6) is 1.20. The van der Waals surface area contributed by atoms with Gasteiger partial charge in [0.15, 0.2) is 0 Å². The Hall–Kier alpha value is -2.37. The molecule has 0 amide bonds. The van der Waals surface area contributed by atoms with E-state index in [4.69, 9.17) is 5.10 Å². The van der Waals surface area contributed by atoms with Crippen molar-refractivity contribution in [3.63, 3.8) is 0 Å². The zero-order chi connectivity index (χ0) is 15.7. The molecule has 1 aromatic carbocycles. The molecule has 1 aliphatic heterocycles. The molecular formula is C16H20N4O2. The second kappa shape index (κ2) is 5.79. The molecule has 2 aromatic rings. The topological polar surface area (TPSA) is 73.0 Å². The highest BCUT2D eigenvalue weighted by Gasteiger charge is 2.25. The van der Waals surface area contributed by atoms with Gasteiger partial charge in [0.2, 0.25) is 0 Å². The maximum Gasteiger partial charge on any atom is 0.294 e. The SMILES string of the molecule is CC(C)c1nn(-c2ccccc2[N+](=O)[O-])c2c1CCCCN2. The number of benzene rings is 1. The summed E-state index contributed by atoms with van der Waals surface area (Å²) in [4.78, 5) is 11.0. The van der Waals surface area contributed by atoms with Crippen LogP contribution in [0.5, 0.6) is 0 Å². The van der Waals surface area contributed by atoms with E-state index in [0.29, 0.717) is 5.69 Å². The van der Waals surface area contributed by atoms with Gasteiger partial charge in [0.1, 0.15) is 11.5 Å². The molecule has 6 heteroatoms. The highest BCUT2D eigenvalue weighted by molar-refractivity contribution is 5.60. The molecule has 1 N–H and O–H groups in total. The van der Waals surface area contributed by atoms with E-state index in [0.717, 1.165) is 37.3 Å². The van der Waals surface area contributed by atoms with Gasteiger partial charge in [0.25, 0.3) is 5.69 Å². The Balaban J connectivity index is 2.22. The molecule has 0 aliphatic carbocycles. The number of hydrogen-bond donors (Lipinski definition) is 1. The van der Waals surface area contributed by atoms with E-state index in [1.165, 1.54) is 11.6 Å². The summed E-state index contributed by atoms with van der Waals surface area (Å²) in [5.41, 5.74) is 2.83. The highest BCUT2D eigenvalue weighted by Crippen LogP contribution is 2.34. The number of hydrogen-bond acceptors (Lipinski definition) is 4. The molecule has 0 fully saturated rings. The largest absolute Gasteiger partial charge is 0.370 e. The summed E-state index contributed by atoms with van der Waals surface area (Å²) in [6.07, 6.45) is 3.18. The zero-order valence-electron chi connectivity index (χ0n) is 12.9. The molecule has 0 unspecified atom stereocenters. The standard InChI is InChI=1S/C16H20N4O2/c1-11(2)15-12-7-5-6-10-17-16(12)19(18-15)13-8-3-4-9-14(13)20(21)22/h3-4,8-9,11,17H,5-7,10H2,1-2H3. The Bertz CT molecular complexity index is 706. The quantitative estimate of drug-likeness (QED) is 0.693. The highest BCUT2D eigenvalue weighted by atomic mass is 16.6. The fraction of sp³-hybridized carbons (Fsp3) is 0.438. The van der Waals surface area contributed by atoms with Crippen molar-refractivity contribution in [1.29, 1.82) is 0 Å². The molecule has 22 heavy (non-hydrogen) atoms. The number of nitro benzene ring substituents is 1. The monoisotopic (exact) mass is 300 g/mol. The first kappa shape index (κ1) is 14.6. The molecule has 116 valence electrons. The number of nitrogens with one attached hydrogen (secondary N) is 1. The number of fused-ring (bicyclic) bond motifs is 1. The molecule has 0 atom stereocenters. The van der Waals surface area contributed by atoms with Gasteiger partial charge in [-0.1, -0.05) is 26.0 Å². The second-order valence-electron chi connectivity index (χ2n) is 5.91. The van der Waals surface area contributed by atoms with Gasteiger partial charge in [-0.05, 0) is 31.2 Å². The predicted molar refractivity (Wildman–Crippen MR) is 85.7 cm³/mol. The third-order valence-electron chi connectivity index (χ3n) is 4.01. The molecule has 0 saturated carbocycles. The van der Waals surface area contributed by atoms with E-state index in [1.54, 1.807) is 16.8 Å². The number of anilines is 1. The summed E-state index contributed by atoms with van der Waals surface area (Å²) in [7, 11) is 0. The maximum absolute atomic E-state index is 11.3. The molecule has 6 nitrogen and oxygen atoms in total. The fourth-order valence-corrected chi connectivity index (χ4v) is 2.96. The van der Waals surface area contributed by atoms with E-state index in [9.17, 15) is 10.1 Å². The number of aromatic nitrogens is 2. The van der Waals surface area contributed by atoms with Crippen LogP contribution in [0.1, 0.15) is 43.9 Å². The van der Waals surface area contributed by atoms with Crippen molar-refractivity contribution in [2.45, 2.75) is 39.0 Å². The Labute approximate surface area is 129 Å². The molecule has 0 bridgehead atoms. The van der Waals surface area contributed by atoms with Crippen LogP contribution >= 0.6 is 0 Å². The van der Waals surface area contributed by atoms with Crippen LogP contribution in [0.2, 0.25) is 0 Å². The third kappa shape index (κ3) is 2.45. The van der Waals surface area contributed by atoms with E-state index in [-0.39, 0.29) is 16.5 Å². The van der Waals surface area contributed by atoms with Crippen LogP contribution in [0.4, 0.5) is 11.5 Å². The van der Waals surface area contributed by atoms with Gasteiger partial charge in [-0.2, -0.15) is 5.10 Å². The van der Waals surface area contributed by atoms with Crippen molar-refractivity contribution in [3.8, 4) is 5.69 Å². The minimum atomic E-state index is -0.352. The smallest absolute Gasteiger partial charge is 0.294 e. The second-order valence-corrected chi connectivity index (χ2v) is 5.91. The first-order chi connectivity index (χ1) is 10.6. The lowest BCUT2D eigenvalue weighted by atomic mass is 10.0. The van der Waals surface area contributed by atoms with Gasteiger partial charge in [-0.15, -0.1) is 0 Å². The fourth-order valence-electron chi connectivity index (χ4n) is 2.96. The van der Waals surface area contributed by atoms with Gasteiger partial charge in [-0.25, -0.2) is 4.68 Å². The lowest BCUT2D eigenvalue weighted by Gasteiger charge is -2.09. The Morgan fingerprint density at radius 1 is 1.32 bits per heavy atom. The Morgan fingerprint density at radius 3 is 2.82 bits per heavy atom. The summed E-state index contributed by atoms with van der Waals surface area (Å²) < 4.78 is 1.72. The Morgan fingerprint density at radius 2 is 2.09 bits per heavy atom. The molecule has 0 radical (unpaired) electrons. The van der Waals surface area contributed by atoms with Crippen LogP contribution in [0.3, 0.4) is 0 Å². The van der Waals surface area contributed by atoms with E-state index < -0.39 is 0 Å². The summed E-state index contributed by atoms with van der Waals surface area (Å²) >= 11 is 0.